The van der Waals surface area contributed by atoms with Crippen LogP contribution in [0.2, 0.25) is 0 Å². The summed E-state index contributed by atoms with van der Waals surface area (Å²) in [6.45, 7) is 2.27. The second kappa shape index (κ2) is 7.26. The molecule has 122 valence electrons. The molecule has 0 saturated carbocycles. The van der Waals surface area contributed by atoms with E-state index in [1.54, 1.807) is 24.3 Å². The minimum absolute atomic E-state index is 0.0713. The molecule has 0 aliphatic rings. The van der Waals surface area contributed by atoms with Gasteiger partial charge in [0, 0.05) is 12.6 Å². The maximum Gasteiger partial charge on any atom is 0.244 e. The van der Waals surface area contributed by atoms with Gasteiger partial charge >= 0.3 is 0 Å². The Morgan fingerprint density at radius 1 is 1.22 bits per heavy atom. The third kappa shape index (κ3) is 5.39. The normalized spacial score (nSPS) is 11.7. The molecule has 0 atom stereocenters. The summed E-state index contributed by atoms with van der Waals surface area (Å²) in [7, 11) is -3.67. The van der Waals surface area contributed by atoms with Crippen LogP contribution in [0.25, 0.3) is 6.08 Å². The number of benzene rings is 1. The van der Waals surface area contributed by atoms with Gasteiger partial charge in [-0.25, -0.2) is 13.6 Å². The second-order valence-corrected chi connectivity index (χ2v) is 6.57. The van der Waals surface area contributed by atoms with Gasteiger partial charge in [-0.05, 0) is 49.2 Å². The molecule has 0 spiro atoms. The van der Waals surface area contributed by atoms with Gasteiger partial charge < -0.3 is 9.73 Å². The summed E-state index contributed by atoms with van der Waals surface area (Å²) in [5.74, 6) is 1.18. The van der Waals surface area contributed by atoms with Gasteiger partial charge in [0.1, 0.15) is 11.5 Å². The number of furan rings is 1. The molecular weight excluding hydrogens is 316 g/mol. The molecule has 0 saturated heterocycles. The monoisotopic (exact) mass is 334 g/mol. The van der Waals surface area contributed by atoms with Crippen molar-refractivity contribution in [2.24, 2.45) is 5.14 Å². The fraction of sp³-hybridized carbons (Fsp3) is 0.188. The van der Waals surface area contributed by atoms with Crippen LogP contribution in [0.4, 0.5) is 0 Å². The van der Waals surface area contributed by atoms with Crippen molar-refractivity contribution < 1.29 is 17.6 Å². The second-order valence-electron chi connectivity index (χ2n) is 5.01. The van der Waals surface area contributed by atoms with Crippen molar-refractivity contribution in [3.63, 3.8) is 0 Å². The van der Waals surface area contributed by atoms with E-state index in [9.17, 15) is 13.2 Å². The van der Waals surface area contributed by atoms with E-state index < -0.39 is 10.0 Å². The predicted octanol–water partition coefficient (Wildman–Crippen LogP) is 1.61. The number of primary sulfonamides is 1. The van der Waals surface area contributed by atoms with Crippen molar-refractivity contribution in [2.75, 3.05) is 6.54 Å². The Labute approximate surface area is 135 Å². The van der Waals surface area contributed by atoms with E-state index >= 15 is 0 Å². The maximum absolute atomic E-state index is 11.7. The minimum Gasteiger partial charge on any atom is -0.462 e. The van der Waals surface area contributed by atoms with Crippen LogP contribution in [0, 0.1) is 6.92 Å². The number of carbonyl (C=O) groups is 1. The van der Waals surface area contributed by atoms with Crippen molar-refractivity contribution in [3.05, 3.63) is 59.6 Å². The Morgan fingerprint density at radius 3 is 2.48 bits per heavy atom. The van der Waals surface area contributed by atoms with Crippen LogP contribution in [0.15, 0.2) is 51.8 Å². The molecule has 1 heterocycles. The van der Waals surface area contributed by atoms with E-state index in [4.69, 9.17) is 9.56 Å². The summed E-state index contributed by atoms with van der Waals surface area (Å²) in [4.78, 5) is 11.7. The fourth-order valence-corrected chi connectivity index (χ4v) is 2.45. The quantitative estimate of drug-likeness (QED) is 0.783. The third-order valence-electron chi connectivity index (χ3n) is 3.12. The van der Waals surface area contributed by atoms with Crippen molar-refractivity contribution in [2.45, 2.75) is 18.2 Å². The van der Waals surface area contributed by atoms with Crippen LogP contribution < -0.4 is 10.5 Å². The molecule has 0 unspecified atom stereocenters. The average Bonchev–Trinajstić information content (AvgIpc) is 2.90. The Bertz CT molecular complexity index is 805. The van der Waals surface area contributed by atoms with Crippen LogP contribution in [0.3, 0.4) is 0 Å². The fourth-order valence-electron chi connectivity index (χ4n) is 1.94. The Balaban J connectivity index is 1.80. The zero-order chi connectivity index (χ0) is 16.9. The highest BCUT2D eigenvalue weighted by Crippen LogP contribution is 2.09. The molecule has 2 aromatic rings. The number of rotatable bonds is 6. The van der Waals surface area contributed by atoms with Crippen molar-refractivity contribution in [3.8, 4) is 0 Å². The Hall–Kier alpha value is -2.38. The molecule has 6 nitrogen and oxygen atoms in total. The zero-order valence-electron chi connectivity index (χ0n) is 12.7. The van der Waals surface area contributed by atoms with Crippen LogP contribution in [-0.4, -0.2) is 20.9 Å². The van der Waals surface area contributed by atoms with E-state index in [0.717, 1.165) is 11.3 Å². The number of sulfonamides is 1. The molecule has 1 aromatic carbocycles. The lowest BCUT2D eigenvalue weighted by Crippen LogP contribution is -2.23. The first kappa shape index (κ1) is 17.0. The van der Waals surface area contributed by atoms with Gasteiger partial charge in [-0.3, -0.25) is 4.79 Å². The summed E-state index contributed by atoms with van der Waals surface area (Å²) in [5, 5.41) is 7.77. The van der Waals surface area contributed by atoms with Gasteiger partial charge in [-0.2, -0.15) is 0 Å². The molecule has 0 aliphatic carbocycles. The number of aryl methyl sites for hydroxylation is 1. The first-order valence-corrected chi connectivity index (χ1v) is 8.53. The highest BCUT2D eigenvalue weighted by atomic mass is 32.2. The van der Waals surface area contributed by atoms with Crippen LogP contribution in [0.1, 0.15) is 17.1 Å². The van der Waals surface area contributed by atoms with Gasteiger partial charge in [-0.1, -0.05) is 12.1 Å². The maximum atomic E-state index is 11.7. The molecule has 3 N–H and O–H groups in total. The summed E-state index contributed by atoms with van der Waals surface area (Å²) in [6.07, 6.45) is 3.59. The molecule has 0 fully saturated rings. The van der Waals surface area contributed by atoms with Crippen molar-refractivity contribution in [1.82, 2.24) is 5.32 Å². The first-order valence-electron chi connectivity index (χ1n) is 6.99. The summed E-state index contributed by atoms with van der Waals surface area (Å²) in [5.41, 5.74) is 0.906. The van der Waals surface area contributed by atoms with E-state index in [-0.39, 0.29) is 10.8 Å². The summed E-state index contributed by atoms with van der Waals surface area (Å²) >= 11 is 0. The Kier molecular flexibility index (Phi) is 5.36. The lowest BCUT2D eigenvalue weighted by molar-refractivity contribution is -0.116. The number of hydrogen-bond acceptors (Lipinski definition) is 4. The van der Waals surface area contributed by atoms with Crippen LogP contribution in [0.5, 0.6) is 0 Å². The summed E-state index contributed by atoms with van der Waals surface area (Å²) < 4.78 is 27.6. The number of nitrogens with two attached hydrogens (primary N) is 1. The van der Waals surface area contributed by atoms with E-state index in [2.05, 4.69) is 5.32 Å². The smallest absolute Gasteiger partial charge is 0.244 e. The molecule has 7 heteroatoms. The first-order chi connectivity index (χ1) is 10.8. The molecule has 0 radical (unpaired) electrons. The number of hydrogen-bond donors (Lipinski definition) is 2. The Morgan fingerprint density at radius 2 is 1.91 bits per heavy atom. The molecule has 2 rings (SSSR count). The van der Waals surface area contributed by atoms with Crippen molar-refractivity contribution in [1.29, 1.82) is 0 Å². The van der Waals surface area contributed by atoms with Gasteiger partial charge in [-0.15, -0.1) is 0 Å². The lowest BCUT2D eigenvalue weighted by Gasteiger charge is -2.04. The molecule has 0 bridgehead atoms. The zero-order valence-corrected chi connectivity index (χ0v) is 13.5. The molecule has 0 aliphatic heterocycles. The topological polar surface area (TPSA) is 102 Å². The minimum atomic E-state index is -3.67. The predicted molar refractivity (Wildman–Crippen MR) is 87.0 cm³/mol. The van der Waals surface area contributed by atoms with Gasteiger partial charge in [0.05, 0.1) is 4.90 Å². The standard InChI is InChI=1S/C16H18N2O4S/c1-12-2-5-14(22-12)6-9-16(19)18-11-10-13-3-7-15(8-4-13)23(17,20)21/h2-9H,10-11H2,1H3,(H,18,19)(H2,17,20,21). The summed E-state index contributed by atoms with van der Waals surface area (Å²) in [6, 6.07) is 9.85. The van der Waals surface area contributed by atoms with Crippen LogP contribution >= 0.6 is 0 Å². The van der Waals surface area contributed by atoms with Gasteiger partial charge in [0.15, 0.2) is 0 Å². The van der Waals surface area contributed by atoms with E-state index in [1.165, 1.54) is 18.2 Å². The average molecular weight is 334 g/mol. The molecule has 1 aromatic heterocycles. The van der Waals surface area contributed by atoms with Crippen molar-refractivity contribution >= 4 is 22.0 Å². The number of nitrogens with one attached hydrogen (secondary N) is 1. The SMILES string of the molecule is Cc1ccc(C=CC(=O)NCCc2ccc(S(N)(=O)=O)cc2)o1. The highest BCUT2D eigenvalue weighted by molar-refractivity contribution is 7.89. The highest BCUT2D eigenvalue weighted by Gasteiger charge is 2.06. The lowest BCUT2D eigenvalue weighted by atomic mass is 10.1. The van der Waals surface area contributed by atoms with E-state index in [1.807, 2.05) is 13.0 Å². The van der Waals surface area contributed by atoms with Gasteiger partial charge in [0.2, 0.25) is 15.9 Å². The number of amides is 1. The molecular formula is C16H18N2O4S. The van der Waals surface area contributed by atoms with Crippen LogP contribution in [-0.2, 0) is 21.2 Å². The third-order valence-corrected chi connectivity index (χ3v) is 4.05. The molecule has 1 amide bonds. The van der Waals surface area contributed by atoms with Gasteiger partial charge in [0.25, 0.3) is 0 Å². The van der Waals surface area contributed by atoms with E-state index in [0.29, 0.717) is 18.7 Å². The molecule has 23 heavy (non-hydrogen) atoms. The largest absolute Gasteiger partial charge is 0.462 e. The number of carbonyl (C=O) groups excluding carboxylic acids is 1.